The van der Waals surface area contributed by atoms with Crippen LogP contribution in [-0.4, -0.2) is 28.1 Å². The van der Waals surface area contributed by atoms with Crippen LogP contribution >= 0.6 is 0 Å². The number of nitrogens with zero attached hydrogens (tertiary/aromatic N) is 2. The molecule has 1 heterocycles. The van der Waals surface area contributed by atoms with Gasteiger partial charge in [0.05, 0.1) is 11.7 Å². The van der Waals surface area contributed by atoms with E-state index in [1.165, 1.54) is 0 Å². The number of hydrogen-bond acceptors (Lipinski definition) is 3. The molecule has 0 spiro atoms. The van der Waals surface area contributed by atoms with Crippen molar-refractivity contribution in [2.75, 3.05) is 7.11 Å². The summed E-state index contributed by atoms with van der Waals surface area (Å²) in [6.45, 7) is 9.61. The summed E-state index contributed by atoms with van der Waals surface area (Å²) in [6.07, 6.45) is 7.05. The predicted molar refractivity (Wildman–Crippen MR) is 64.6 cm³/mol. The van der Waals surface area contributed by atoms with E-state index in [2.05, 4.69) is 0 Å². The van der Waals surface area contributed by atoms with E-state index >= 15 is 0 Å². The van der Waals surface area contributed by atoms with Crippen LogP contribution in [0.25, 0.3) is 0 Å². The number of rotatable bonds is 2. The third kappa shape index (κ3) is 2.00. The van der Waals surface area contributed by atoms with Gasteiger partial charge < -0.3 is 9.94 Å². The lowest BCUT2D eigenvalue weighted by atomic mass is 10.1. The van der Waals surface area contributed by atoms with Gasteiger partial charge in [-0.15, -0.1) is 0 Å². The first-order valence-corrected chi connectivity index (χ1v) is 5.46. The molecule has 1 aliphatic heterocycles. The monoisotopic (exact) mass is 226 g/mol. The lowest BCUT2D eigenvalue weighted by molar-refractivity contribution is -1.01. The molecule has 1 aliphatic rings. The Hall–Kier alpha value is -0.840. The fraction of sp³-hybridized carbons (Fsp3) is 0.667. The van der Waals surface area contributed by atoms with Crippen molar-refractivity contribution in [3.63, 3.8) is 0 Å². The molecule has 0 saturated carbocycles. The van der Waals surface area contributed by atoms with Gasteiger partial charge in [0.2, 0.25) is 5.72 Å². The van der Waals surface area contributed by atoms with Crippen molar-refractivity contribution < 1.29 is 9.49 Å². The molecule has 0 aliphatic carbocycles. The summed E-state index contributed by atoms with van der Waals surface area (Å²) in [5.74, 6) is 0. The van der Waals surface area contributed by atoms with E-state index in [9.17, 15) is 5.21 Å². The average molecular weight is 226 g/mol. The maximum atomic E-state index is 13.0. The van der Waals surface area contributed by atoms with Crippen molar-refractivity contribution in [3.05, 3.63) is 29.8 Å². The molecule has 0 amide bonds. The summed E-state index contributed by atoms with van der Waals surface area (Å²) in [5, 5.41) is 14.7. The third-order valence-corrected chi connectivity index (χ3v) is 2.91. The van der Waals surface area contributed by atoms with E-state index < -0.39 is 10.5 Å². The molecule has 0 fully saturated rings. The van der Waals surface area contributed by atoms with Gasteiger partial charge in [0.25, 0.3) is 0 Å². The fourth-order valence-electron chi connectivity index (χ4n) is 1.71. The second kappa shape index (κ2) is 3.87. The highest BCUT2D eigenvalue weighted by Gasteiger charge is 2.45. The first-order chi connectivity index (χ1) is 7.15. The molecular weight excluding hydrogens is 204 g/mol. The van der Waals surface area contributed by atoms with E-state index in [1.54, 1.807) is 38.2 Å². The van der Waals surface area contributed by atoms with Crippen LogP contribution in [0.3, 0.4) is 0 Å². The second-order valence-electron chi connectivity index (χ2n) is 5.47. The van der Waals surface area contributed by atoms with Gasteiger partial charge in [-0.25, -0.2) is 9.76 Å². The smallest absolute Gasteiger partial charge is 0.223 e. The molecule has 4 heteroatoms. The van der Waals surface area contributed by atoms with Crippen molar-refractivity contribution >= 4 is 0 Å². The maximum absolute atomic E-state index is 13.0. The van der Waals surface area contributed by atoms with Gasteiger partial charge in [-0.1, -0.05) is 0 Å². The van der Waals surface area contributed by atoms with Crippen molar-refractivity contribution in [3.8, 4) is 0 Å². The van der Waals surface area contributed by atoms with E-state index in [-0.39, 0.29) is 5.54 Å². The van der Waals surface area contributed by atoms with Crippen molar-refractivity contribution in [2.24, 2.45) is 0 Å². The van der Waals surface area contributed by atoms with Crippen LogP contribution in [0.15, 0.2) is 24.6 Å². The maximum Gasteiger partial charge on any atom is 0.223 e. The minimum Gasteiger partial charge on any atom is -0.599 e. The summed E-state index contributed by atoms with van der Waals surface area (Å²) < 4.78 is 4.70. The molecule has 0 N–H and O–H groups in total. The van der Waals surface area contributed by atoms with Gasteiger partial charge in [-0.3, -0.25) is 0 Å². The molecule has 0 aromatic heterocycles. The normalized spacial score (nSPS) is 26.3. The van der Waals surface area contributed by atoms with Crippen LogP contribution in [-0.2, 0) is 4.74 Å². The number of hydrogen-bond donors (Lipinski definition) is 0. The van der Waals surface area contributed by atoms with Crippen LogP contribution in [0, 0.1) is 5.21 Å². The topological polar surface area (TPSA) is 35.5 Å². The molecule has 1 atom stereocenters. The average Bonchev–Trinajstić information content (AvgIpc) is 2.16. The minimum atomic E-state index is -0.853. The van der Waals surface area contributed by atoms with Crippen LogP contribution in [0.5, 0.6) is 0 Å². The Bertz CT molecular complexity index is 315. The SMILES string of the molecule is COC(C)(C)[N+]1([O-])C=CC=CN1C(C)(C)C. The zero-order chi connectivity index (χ0) is 12.6. The largest absolute Gasteiger partial charge is 0.599 e. The number of quaternary nitrogens is 1. The number of ether oxygens (including phenoxy) is 1. The molecular formula is C12H22N2O2. The zero-order valence-electron chi connectivity index (χ0n) is 11.0. The molecule has 1 unspecified atom stereocenters. The zero-order valence-corrected chi connectivity index (χ0v) is 11.0. The van der Waals surface area contributed by atoms with Gasteiger partial charge in [0.1, 0.15) is 6.20 Å². The highest BCUT2D eigenvalue weighted by molar-refractivity contribution is 5.04. The Labute approximate surface area is 97.9 Å². The van der Waals surface area contributed by atoms with Crippen LogP contribution < -0.4 is 0 Å². The Kier molecular flexibility index (Phi) is 3.20. The number of hydroxylamine groups is 2. The van der Waals surface area contributed by atoms with Gasteiger partial charge >= 0.3 is 0 Å². The summed E-state index contributed by atoms with van der Waals surface area (Å²) >= 11 is 0. The predicted octanol–water partition coefficient (Wildman–Crippen LogP) is 2.74. The quantitative estimate of drug-likeness (QED) is 0.536. The van der Waals surface area contributed by atoms with E-state index in [4.69, 9.17) is 4.74 Å². The highest BCUT2D eigenvalue weighted by atomic mass is 16.7. The molecule has 0 radical (unpaired) electrons. The third-order valence-electron chi connectivity index (χ3n) is 2.91. The lowest BCUT2D eigenvalue weighted by Gasteiger charge is -2.58. The first kappa shape index (κ1) is 13.2. The molecule has 4 nitrogen and oxygen atoms in total. The van der Waals surface area contributed by atoms with E-state index in [0.717, 1.165) is 0 Å². The number of methoxy groups -OCH3 is 1. The Morgan fingerprint density at radius 3 is 2.12 bits per heavy atom. The second-order valence-corrected chi connectivity index (χ2v) is 5.47. The summed E-state index contributed by atoms with van der Waals surface area (Å²) in [7, 11) is 1.56. The molecule has 0 aromatic rings. The van der Waals surface area contributed by atoms with Gasteiger partial charge in [0, 0.05) is 21.0 Å². The van der Waals surface area contributed by atoms with Gasteiger partial charge in [-0.05, 0) is 32.9 Å². The lowest BCUT2D eigenvalue weighted by Crippen LogP contribution is -2.67. The standard InChI is InChI=1S/C12H22N2O2/c1-11(2,3)13-9-7-8-10-14(13,15)12(4,5)16-6/h7-10H,1-6H3. The first-order valence-electron chi connectivity index (χ1n) is 5.46. The Morgan fingerprint density at radius 2 is 1.69 bits per heavy atom. The van der Waals surface area contributed by atoms with Crippen molar-refractivity contribution in [1.82, 2.24) is 5.01 Å². The number of allylic oxidation sites excluding steroid dienone is 2. The van der Waals surface area contributed by atoms with Crippen LogP contribution in [0.2, 0.25) is 0 Å². The molecule has 0 saturated heterocycles. The molecule has 0 bridgehead atoms. The summed E-state index contributed by atoms with van der Waals surface area (Å²) in [6, 6.07) is 0. The minimum absolute atomic E-state index is 0.265. The highest BCUT2D eigenvalue weighted by Crippen LogP contribution is 2.35. The van der Waals surface area contributed by atoms with Crippen LogP contribution in [0.4, 0.5) is 0 Å². The Balaban J connectivity index is 3.19. The van der Waals surface area contributed by atoms with E-state index in [1.807, 2.05) is 33.0 Å². The molecule has 0 aromatic carbocycles. The van der Waals surface area contributed by atoms with Gasteiger partial charge in [-0.2, -0.15) is 0 Å². The van der Waals surface area contributed by atoms with Crippen molar-refractivity contribution in [1.29, 1.82) is 0 Å². The fourth-order valence-corrected chi connectivity index (χ4v) is 1.71. The summed E-state index contributed by atoms with van der Waals surface area (Å²) in [4.78, 5) is 0. The summed E-state index contributed by atoms with van der Waals surface area (Å²) in [5.41, 5.74) is -1.12. The van der Waals surface area contributed by atoms with Crippen molar-refractivity contribution in [2.45, 2.75) is 45.9 Å². The molecule has 1 rings (SSSR count). The van der Waals surface area contributed by atoms with Crippen LogP contribution in [0.1, 0.15) is 34.6 Å². The van der Waals surface area contributed by atoms with E-state index in [0.29, 0.717) is 0 Å². The molecule has 16 heavy (non-hydrogen) atoms. The Morgan fingerprint density at radius 1 is 1.12 bits per heavy atom. The molecule has 92 valence electrons. The van der Waals surface area contributed by atoms with Gasteiger partial charge in [0.15, 0.2) is 0 Å².